The molecule has 11 heavy (non-hydrogen) atoms. The van der Waals surface area contributed by atoms with Crippen molar-refractivity contribution in [3.63, 3.8) is 0 Å². The summed E-state index contributed by atoms with van der Waals surface area (Å²) in [5, 5.41) is 3.34. The van der Waals surface area contributed by atoms with Gasteiger partial charge in [-0.2, -0.15) is 0 Å². The average Bonchev–Trinajstić information content (AvgIpc) is 2.05. The molecule has 0 radical (unpaired) electrons. The maximum absolute atomic E-state index is 3.34. The fraction of sp³-hybridized carbons (Fsp3) is 0.333. The molecule has 54 valence electrons. The van der Waals surface area contributed by atoms with Crippen molar-refractivity contribution >= 4 is 0 Å². The SMILES string of the molecule is [H-].[Na+].c1ccc2c(c1)CCNC2. The topological polar surface area (TPSA) is 12.0 Å². The van der Waals surface area contributed by atoms with Crippen LogP contribution in [0.3, 0.4) is 0 Å². The van der Waals surface area contributed by atoms with Gasteiger partial charge in [0.2, 0.25) is 0 Å². The van der Waals surface area contributed by atoms with Gasteiger partial charge in [0.15, 0.2) is 0 Å². The smallest absolute Gasteiger partial charge is 1.00 e. The Morgan fingerprint density at radius 2 is 1.91 bits per heavy atom. The van der Waals surface area contributed by atoms with Crippen LogP contribution in [0.5, 0.6) is 0 Å². The van der Waals surface area contributed by atoms with Gasteiger partial charge in [0.05, 0.1) is 0 Å². The van der Waals surface area contributed by atoms with Crippen molar-refractivity contribution < 1.29 is 31.0 Å². The first-order chi connectivity index (χ1) is 4.97. The average molecular weight is 157 g/mol. The zero-order chi connectivity index (χ0) is 6.81. The van der Waals surface area contributed by atoms with E-state index in [1.54, 1.807) is 0 Å². The van der Waals surface area contributed by atoms with E-state index in [2.05, 4.69) is 29.6 Å². The Hall–Kier alpha value is 0.180. The first-order valence-corrected chi connectivity index (χ1v) is 3.74. The Morgan fingerprint density at radius 1 is 1.18 bits per heavy atom. The number of benzene rings is 1. The molecule has 1 heterocycles. The molecule has 1 aliphatic heterocycles. The summed E-state index contributed by atoms with van der Waals surface area (Å²) in [4.78, 5) is 0. The summed E-state index contributed by atoms with van der Waals surface area (Å²) in [7, 11) is 0. The minimum Gasteiger partial charge on any atom is -1.00 e. The molecule has 0 spiro atoms. The van der Waals surface area contributed by atoms with Crippen LogP contribution in [-0.2, 0) is 13.0 Å². The largest absolute Gasteiger partial charge is 1.00 e. The van der Waals surface area contributed by atoms with Gasteiger partial charge in [0, 0.05) is 6.54 Å². The second-order valence-electron chi connectivity index (χ2n) is 2.70. The minimum absolute atomic E-state index is 0. The van der Waals surface area contributed by atoms with Gasteiger partial charge in [-0.1, -0.05) is 24.3 Å². The van der Waals surface area contributed by atoms with Gasteiger partial charge >= 0.3 is 29.6 Å². The summed E-state index contributed by atoms with van der Waals surface area (Å²) in [5.41, 5.74) is 2.98. The number of nitrogens with one attached hydrogen (secondary N) is 1. The van der Waals surface area contributed by atoms with Gasteiger partial charge in [-0.3, -0.25) is 0 Å². The van der Waals surface area contributed by atoms with E-state index >= 15 is 0 Å². The van der Waals surface area contributed by atoms with Gasteiger partial charge in [-0.05, 0) is 24.1 Å². The van der Waals surface area contributed by atoms with E-state index in [-0.39, 0.29) is 31.0 Å². The van der Waals surface area contributed by atoms with Gasteiger partial charge in [0.25, 0.3) is 0 Å². The molecule has 0 fully saturated rings. The van der Waals surface area contributed by atoms with Gasteiger partial charge in [-0.15, -0.1) is 0 Å². The van der Waals surface area contributed by atoms with Crippen LogP contribution in [0.2, 0.25) is 0 Å². The fourth-order valence-electron chi connectivity index (χ4n) is 1.42. The second kappa shape index (κ2) is 4.27. The van der Waals surface area contributed by atoms with Crippen molar-refractivity contribution in [2.45, 2.75) is 13.0 Å². The molecular formula is C9H12NNa. The van der Waals surface area contributed by atoms with Crippen LogP contribution in [0.25, 0.3) is 0 Å². The molecule has 1 nitrogen and oxygen atoms in total. The van der Waals surface area contributed by atoms with Crippen LogP contribution in [-0.4, -0.2) is 6.54 Å². The summed E-state index contributed by atoms with van der Waals surface area (Å²) in [6, 6.07) is 8.63. The summed E-state index contributed by atoms with van der Waals surface area (Å²) in [6.07, 6.45) is 1.19. The zero-order valence-electron chi connectivity index (χ0n) is 7.93. The van der Waals surface area contributed by atoms with Gasteiger partial charge in [-0.25, -0.2) is 0 Å². The third-order valence-corrected chi connectivity index (χ3v) is 2.00. The number of hydrogen-bond acceptors (Lipinski definition) is 1. The van der Waals surface area contributed by atoms with Crippen molar-refractivity contribution in [1.29, 1.82) is 0 Å². The Balaban J connectivity index is 0.000000605. The molecule has 0 atom stereocenters. The molecule has 0 bridgehead atoms. The molecule has 1 N–H and O–H groups in total. The molecule has 0 aliphatic carbocycles. The van der Waals surface area contributed by atoms with E-state index in [1.165, 1.54) is 17.5 Å². The molecule has 0 saturated carbocycles. The number of hydrogen-bond donors (Lipinski definition) is 1. The monoisotopic (exact) mass is 157 g/mol. The first kappa shape index (κ1) is 9.27. The van der Waals surface area contributed by atoms with Crippen LogP contribution in [0, 0.1) is 0 Å². The third kappa shape index (κ3) is 2.06. The Labute approximate surface area is 91.0 Å². The molecule has 1 aromatic rings. The van der Waals surface area contributed by atoms with Crippen molar-refractivity contribution in [2.75, 3.05) is 6.54 Å². The number of fused-ring (bicyclic) bond motifs is 1. The Morgan fingerprint density at radius 3 is 2.64 bits per heavy atom. The van der Waals surface area contributed by atoms with Crippen molar-refractivity contribution in [3.05, 3.63) is 35.4 Å². The van der Waals surface area contributed by atoms with Crippen molar-refractivity contribution in [2.24, 2.45) is 0 Å². The maximum Gasteiger partial charge on any atom is 1.00 e. The summed E-state index contributed by atoms with van der Waals surface area (Å²) < 4.78 is 0. The predicted molar refractivity (Wildman–Crippen MR) is 43.0 cm³/mol. The van der Waals surface area contributed by atoms with E-state index in [1.807, 2.05) is 0 Å². The summed E-state index contributed by atoms with van der Waals surface area (Å²) in [6.45, 7) is 2.19. The quantitative estimate of drug-likeness (QED) is 0.450. The van der Waals surface area contributed by atoms with E-state index < -0.39 is 0 Å². The zero-order valence-corrected chi connectivity index (χ0v) is 8.93. The normalized spacial score (nSPS) is 14.9. The van der Waals surface area contributed by atoms with Crippen molar-refractivity contribution in [3.8, 4) is 0 Å². The Kier molecular flexibility index (Phi) is 3.60. The Bertz CT molecular complexity index is 215. The van der Waals surface area contributed by atoms with E-state index in [9.17, 15) is 0 Å². The van der Waals surface area contributed by atoms with Crippen LogP contribution in [0.15, 0.2) is 24.3 Å². The maximum atomic E-state index is 3.34. The number of rotatable bonds is 0. The summed E-state index contributed by atoms with van der Waals surface area (Å²) in [5.74, 6) is 0. The molecule has 2 heteroatoms. The third-order valence-electron chi connectivity index (χ3n) is 2.00. The van der Waals surface area contributed by atoms with E-state index in [0.717, 1.165) is 13.1 Å². The second-order valence-corrected chi connectivity index (χ2v) is 2.70. The van der Waals surface area contributed by atoms with Gasteiger partial charge < -0.3 is 6.74 Å². The molecule has 0 saturated heterocycles. The molecule has 2 rings (SSSR count). The fourth-order valence-corrected chi connectivity index (χ4v) is 1.42. The van der Waals surface area contributed by atoms with E-state index in [0.29, 0.717) is 0 Å². The molecule has 1 aromatic carbocycles. The minimum atomic E-state index is 0. The standard InChI is InChI=1S/C9H11N.Na.H/c1-2-4-9-7-10-6-5-8(9)3-1;;/h1-4,10H,5-7H2;;/q;+1;-1. The molecule has 0 aromatic heterocycles. The van der Waals surface area contributed by atoms with Crippen LogP contribution in [0.4, 0.5) is 0 Å². The van der Waals surface area contributed by atoms with Crippen LogP contribution < -0.4 is 34.9 Å². The molecule has 0 amide bonds. The molecule has 1 aliphatic rings. The van der Waals surface area contributed by atoms with Crippen LogP contribution in [0.1, 0.15) is 12.6 Å². The molecular weight excluding hydrogens is 145 g/mol. The van der Waals surface area contributed by atoms with Gasteiger partial charge in [0.1, 0.15) is 0 Å². The van der Waals surface area contributed by atoms with Crippen molar-refractivity contribution in [1.82, 2.24) is 5.32 Å². The van der Waals surface area contributed by atoms with Crippen LogP contribution >= 0.6 is 0 Å². The molecule has 0 unspecified atom stereocenters. The summed E-state index contributed by atoms with van der Waals surface area (Å²) >= 11 is 0. The van der Waals surface area contributed by atoms with E-state index in [4.69, 9.17) is 0 Å². The first-order valence-electron chi connectivity index (χ1n) is 3.74. The predicted octanol–water partition coefficient (Wildman–Crippen LogP) is -1.55.